The van der Waals surface area contributed by atoms with E-state index in [1.54, 1.807) is 6.07 Å². The highest BCUT2D eigenvalue weighted by molar-refractivity contribution is 7.12. The number of benzene rings is 1. The van der Waals surface area contributed by atoms with Crippen LogP contribution in [0.25, 0.3) is 16.6 Å². The van der Waals surface area contributed by atoms with Gasteiger partial charge in [0.05, 0.1) is 12.1 Å². The van der Waals surface area contributed by atoms with Crippen molar-refractivity contribution < 1.29 is 4.79 Å². The summed E-state index contributed by atoms with van der Waals surface area (Å²) in [4.78, 5) is 14.6. The van der Waals surface area contributed by atoms with Crippen molar-refractivity contribution in [1.82, 2.24) is 29.7 Å². The summed E-state index contributed by atoms with van der Waals surface area (Å²) >= 11 is 1.43. The minimum atomic E-state index is -0.229. The van der Waals surface area contributed by atoms with Gasteiger partial charge >= 0.3 is 0 Å². The van der Waals surface area contributed by atoms with Crippen LogP contribution >= 0.6 is 11.3 Å². The fraction of sp³-hybridized carbons (Fsp3) is 0.136. The summed E-state index contributed by atoms with van der Waals surface area (Å²) in [6.45, 7) is 0.929. The molecule has 1 aromatic carbocycles. The number of hydrogen-bond donors (Lipinski definition) is 1. The van der Waals surface area contributed by atoms with Crippen LogP contribution in [0.4, 0.5) is 0 Å². The van der Waals surface area contributed by atoms with Crippen molar-refractivity contribution in [3.63, 3.8) is 0 Å². The quantitative estimate of drug-likeness (QED) is 0.449. The zero-order valence-corrected chi connectivity index (χ0v) is 17.2. The molecule has 152 valence electrons. The predicted octanol–water partition coefficient (Wildman–Crippen LogP) is 3.03. The molecule has 1 N–H and O–H groups in total. The summed E-state index contributed by atoms with van der Waals surface area (Å²) in [6, 6.07) is 19.3. The van der Waals surface area contributed by atoms with Gasteiger partial charge in [0, 0.05) is 29.4 Å². The SMILES string of the molecule is N#Cc1ccc(Cn2nc(C(=O)NCCc3nnc4ccccn34)c3ccccc32)s1. The van der Waals surface area contributed by atoms with E-state index in [0.29, 0.717) is 30.1 Å². The lowest BCUT2D eigenvalue weighted by molar-refractivity contribution is 0.0949. The number of para-hydroxylation sites is 1. The second-order valence-electron chi connectivity index (χ2n) is 6.95. The number of carbonyl (C=O) groups excluding carboxylic acids is 1. The first kappa shape index (κ1) is 19.0. The number of carbonyl (C=O) groups is 1. The lowest BCUT2D eigenvalue weighted by atomic mass is 10.2. The van der Waals surface area contributed by atoms with Crippen molar-refractivity contribution in [2.24, 2.45) is 0 Å². The number of nitriles is 1. The van der Waals surface area contributed by atoms with Crippen LogP contribution in [0.5, 0.6) is 0 Å². The van der Waals surface area contributed by atoms with Gasteiger partial charge in [-0.2, -0.15) is 10.4 Å². The van der Waals surface area contributed by atoms with Crippen molar-refractivity contribution in [2.75, 3.05) is 6.54 Å². The van der Waals surface area contributed by atoms with Gasteiger partial charge < -0.3 is 5.32 Å². The third kappa shape index (κ3) is 3.65. The second-order valence-corrected chi connectivity index (χ2v) is 8.12. The summed E-state index contributed by atoms with van der Waals surface area (Å²) in [5, 5.41) is 25.7. The number of rotatable bonds is 6. The van der Waals surface area contributed by atoms with Gasteiger partial charge in [0.15, 0.2) is 11.3 Å². The number of thiophene rings is 1. The van der Waals surface area contributed by atoms with Crippen molar-refractivity contribution in [2.45, 2.75) is 13.0 Å². The van der Waals surface area contributed by atoms with E-state index in [1.165, 1.54) is 11.3 Å². The van der Waals surface area contributed by atoms with Gasteiger partial charge in [0.25, 0.3) is 5.91 Å². The number of aromatic nitrogens is 5. The molecule has 8 nitrogen and oxygen atoms in total. The Labute approximate surface area is 181 Å². The highest BCUT2D eigenvalue weighted by Gasteiger charge is 2.17. The lowest BCUT2D eigenvalue weighted by Crippen LogP contribution is -2.27. The average Bonchev–Trinajstić information content (AvgIpc) is 3.52. The van der Waals surface area contributed by atoms with E-state index < -0.39 is 0 Å². The first-order valence-corrected chi connectivity index (χ1v) is 10.6. The van der Waals surface area contributed by atoms with E-state index in [2.05, 4.69) is 26.7 Å². The van der Waals surface area contributed by atoms with E-state index in [1.807, 2.05) is 63.8 Å². The van der Waals surface area contributed by atoms with Gasteiger partial charge in [-0.25, -0.2) is 0 Å². The molecule has 1 amide bonds. The molecule has 5 aromatic rings. The third-order valence-electron chi connectivity index (χ3n) is 4.97. The van der Waals surface area contributed by atoms with Crippen molar-refractivity contribution in [3.8, 4) is 6.07 Å². The average molecular weight is 427 g/mol. The zero-order chi connectivity index (χ0) is 21.2. The minimum absolute atomic E-state index is 0.229. The molecular formula is C22H17N7OS. The molecular weight excluding hydrogens is 410 g/mol. The summed E-state index contributed by atoms with van der Waals surface area (Å²) < 4.78 is 3.72. The van der Waals surface area contributed by atoms with Crippen LogP contribution in [-0.4, -0.2) is 36.8 Å². The summed E-state index contributed by atoms with van der Waals surface area (Å²) in [5.41, 5.74) is 2.04. The smallest absolute Gasteiger partial charge is 0.272 e. The van der Waals surface area contributed by atoms with Crippen LogP contribution in [0.2, 0.25) is 0 Å². The molecule has 0 bridgehead atoms. The molecule has 4 heterocycles. The van der Waals surface area contributed by atoms with Crippen LogP contribution in [0.1, 0.15) is 26.1 Å². The molecule has 0 spiro atoms. The largest absolute Gasteiger partial charge is 0.350 e. The van der Waals surface area contributed by atoms with E-state index >= 15 is 0 Å². The number of amides is 1. The van der Waals surface area contributed by atoms with E-state index in [-0.39, 0.29) is 5.91 Å². The normalized spacial score (nSPS) is 11.1. The molecule has 0 aliphatic rings. The van der Waals surface area contributed by atoms with E-state index in [9.17, 15) is 4.79 Å². The standard InChI is InChI=1S/C22H17N7OS/c23-13-15-8-9-16(31-15)14-29-18-6-2-1-5-17(18)21(27-29)22(30)24-11-10-20-26-25-19-7-3-4-12-28(19)20/h1-9,12H,10-11,14H2,(H,24,30). The van der Waals surface area contributed by atoms with Crippen LogP contribution < -0.4 is 5.32 Å². The molecule has 4 aromatic heterocycles. The molecule has 0 fully saturated rings. The van der Waals surface area contributed by atoms with Crippen molar-refractivity contribution in [1.29, 1.82) is 5.26 Å². The van der Waals surface area contributed by atoms with Crippen LogP contribution in [-0.2, 0) is 13.0 Å². The maximum absolute atomic E-state index is 12.9. The first-order valence-electron chi connectivity index (χ1n) is 9.74. The molecule has 31 heavy (non-hydrogen) atoms. The Morgan fingerprint density at radius 2 is 1.97 bits per heavy atom. The topological polar surface area (TPSA) is 101 Å². The maximum atomic E-state index is 12.9. The summed E-state index contributed by atoms with van der Waals surface area (Å²) in [6.07, 6.45) is 2.46. The molecule has 0 radical (unpaired) electrons. The number of nitrogens with zero attached hydrogens (tertiary/aromatic N) is 6. The van der Waals surface area contributed by atoms with Crippen molar-refractivity contribution >= 4 is 33.8 Å². The number of fused-ring (bicyclic) bond motifs is 2. The minimum Gasteiger partial charge on any atom is -0.350 e. The van der Waals surface area contributed by atoms with Gasteiger partial charge in [0.2, 0.25) is 0 Å². The molecule has 0 unspecified atom stereocenters. The second kappa shape index (κ2) is 8.01. The van der Waals surface area contributed by atoms with Crippen LogP contribution in [0.15, 0.2) is 60.8 Å². The molecule has 5 rings (SSSR count). The molecule has 0 aliphatic heterocycles. The van der Waals surface area contributed by atoms with Crippen molar-refractivity contribution in [3.05, 3.63) is 82.1 Å². The Morgan fingerprint density at radius 3 is 2.84 bits per heavy atom. The Kier molecular flexibility index (Phi) is 4.90. The Balaban J connectivity index is 1.34. The predicted molar refractivity (Wildman–Crippen MR) is 117 cm³/mol. The maximum Gasteiger partial charge on any atom is 0.272 e. The van der Waals surface area contributed by atoms with Gasteiger partial charge in [-0.1, -0.05) is 24.3 Å². The Hall–Kier alpha value is -4.03. The first-order chi connectivity index (χ1) is 15.2. The lowest BCUT2D eigenvalue weighted by Gasteiger charge is -2.03. The number of pyridine rings is 1. The zero-order valence-electron chi connectivity index (χ0n) is 16.4. The molecule has 0 aliphatic carbocycles. The monoisotopic (exact) mass is 427 g/mol. The Bertz CT molecular complexity index is 1440. The number of hydrogen-bond acceptors (Lipinski definition) is 6. The molecule has 0 atom stereocenters. The third-order valence-corrected chi connectivity index (χ3v) is 5.94. The summed E-state index contributed by atoms with van der Waals surface area (Å²) in [7, 11) is 0. The highest BCUT2D eigenvalue weighted by atomic mass is 32.1. The van der Waals surface area contributed by atoms with E-state index in [0.717, 1.165) is 27.3 Å². The fourth-order valence-corrected chi connectivity index (χ4v) is 4.31. The Morgan fingerprint density at radius 1 is 1.10 bits per heavy atom. The fourth-order valence-electron chi connectivity index (χ4n) is 3.52. The number of nitrogens with one attached hydrogen (secondary N) is 1. The van der Waals surface area contributed by atoms with Gasteiger partial charge in [-0.3, -0.25) is 13.9 Å². The molecule has 0 saturated carbocycles. The molecule has 9 heteroatoms. The van der Waals surface area contributed by atoms with E-state index in [4.69, 9.17) is 5.26 Å². The van der Waals surface area contributed by atoms with Crippen LogP contribution in [0, 0.1) is 11.3 Å². The van der Waals surface area contributed by atoms with Crippen LogP contribution in [0.3, 0.4) is 0 Å². The van der Waals surface area contributed by atoms with Gasteiger partial charge in [0.1, 0.15) is 16.8 Å². The van der Waals surface area contributed by atoms with Gasteiger partial charge in [-0.05, 0) is 30.3 Å². The van der Waals surface area contributed by atoms with Gasteiger partial charge in [-0.15, -0.1) is 21.5 Å². The highest BCUT2D eigenvalue weighted by Crippen LogP contribution is 2.22. The summed E-state index contributed by atoms with van der Waals surface area (Å²) in [5.74, 6) is 0.560. The molecule has 0 saturated heterocycles.